The third kappa shape index (κ3) is 4.03. The molecule has 0 aliphatic rings. The van der Waals surface area contributed by atoms with Crippen molar-refractivity contribution in [2.75, 3.05) is 0 Å². The van der Waals surface area contributed by atoms with Crippen LogP contribution >= 0.6 is 0 Å². The van der Waals surface area contributed by atoms with Crippen LogP contribution in [0.1, 0.15) is 12.8 Å². The van der Waals surface area contributed by atoms with Crippen molar-refractivity contribution in [3.63, 3.8) is 0 Å². The van der Waals surface area contributed by atoms with Gasteiger partial charge in [-0.3, -0.25) is 4.79 Å². The zero-order valence-corrected chi connectivity index (χ0v) is 5.21. The minimum Gasteiger partial charge on any atom is -0.480 e. The van der Waals surface area contributed by atoms with E-state index in [1.54, 1.807) is 0 Å². The second-order valence-corrected chi connectivity index (χ2v) is 1.88. The van der Waals surface area contributed by atoms with Gasteiger partial charge in [0.05, 0.1) is 7.85 Å². The van der Waals surface area contributed by atoms with E-state index in [1.165, 1.54) is 0 Å². The number of hydrogen-bond donors (Lipinski definition) is 2. The van der Waals surface area contributed by atoms with Gasteiger partial charge in [-0.2, -0.15) is 0 Å². The van der Waals surface area contributed by atoms with Crippen molar-refractivity contribution in [1.29, 1.82) is 0 Å². The van der Waals surface area contributed by atoms with E-state index in [0.717, 1.165) is 0 Å². The number of carboxylic acid groups (broad SMARTS) is 1. The molecule has 50 valence electrons. The van der Waals surface area contributed by atoms with Crippen LogP contribution < -0.4 is 5.73 Å². The van der Waals surface area contributed by atoms with Crippen LogP contribution in [0.4, 0.5) is 0 Å². The second-order valence-electron chi connectivity index (χ2n) is 1.88. The Bertz CT molecular complexity index is 97.0. The topological polar surface area (TPSA) is 63.3 Å². The number of hydrogen-bond acceptors (Lipinski definition) is 2. The highest BCUT2D eigenvalue weighted by atomic mass is 16.4. The van der Waals surface area contributed by atoms with Crippen molar-refractivity contribution in [2.24, 2.45) is 5.73 Å². The Kier molecular flexibility index (Phi) is 4.14. The largest absolute Gasteiger partial charge is 0.480 e. The SMILES string of the molecule is [B]CCC[C@H](N)C(=O)O. The average molecular weight is 127 g/mol. The maximum atomic E-state index is 10.0. The monoisotopic (exact) mass is 127 g/mol. The lowest BCUT2D eigenvalue weighted by Gasteiger charge is -2.02. The fraction of sp³-hybridized carbons (Fsp3) is 0.800. The smallest absolute Gasteiger partial charge is 0.320 e. The third-order valence-electron chi connectivity index (χ3n) is 1.04. The summed E-state index contributed by atoms with van der Waals surface area (Å²) in [6.45, 7) is 0. The zero-order valence-electron chi connectivity index (χ0n) is 5.21. The van der Waals surface area contributed by atoms with E-state index in [-0.39, 0.29) is 0 Å². The average Bonchev–Trinajstić information content (AvgIpc) is 1.82. The Balaban J connectivity index is 3.27. The second kappa shape index (κ2) is 4.38. The van der Waals surface area contributed by atoms with Gasteiger partial charge in [-0.05, 0) is 6.42 Å². The highest BCUT2D eigenvalue weighted by Gasteiger charge is 2.08. The summed E-state index contributed by atoms with van der Waals surface area (Å²) in [5.41, 5.74) is 5.15. The summed E-state index contributed by atoms with van der Waals surface area (Å²) < 4.78 is 0. The summed E-state index contributed by atoms with van der Waals surface area (Å²) in [5, 5.41) is 8.24. The summed E-state index contributed by atoms with van der Waals surface area (Å²) in [4.78, 5) is 10.0. The molecule has 0 aromatic heterocycles. The minimum atomic E-state index is -0.955. The van der Waals surface area contributed by atoms with Crippen LogP contribution in [0.2, 0.25) is 6.32 Å². The molecule has 3 N–H and O–H groups in total. The van der Waals surface area contributed by atoms with Gasteiger partial charge in [0.2, 0.25) is 0 Å². The minimum absolute atomic E-state index is 0.464. The molecular weight excluding hydrogens is 117 g/mol. The first-order valence-electron chi connectivity index (χ1n) is 2.87. The maximum Gasteiger partial charge on any atom is 0.320 e. The van der Waals surface area contributed by atoms with Gasteiger partial charge < -0.3 is 10.8 Å². The number of aliphatic carboxylic acids is 1. The maximum absolute atomic E-state index is 10.0. The zero-order chi connectivity index (χ0) is 7.28. The third-order valence-corrected chi connectivity index (χ3v) is 1.04. The Morgan fingerprint density at radius 3 is 2.67 bits per heavy atom. The van der Waals surface area contributed by atoms with E-state index in [0.29, 0.717) is 19.2 Å². The quantitative estimate of drug-likeness (QED) is 0.512. The molecule has 9 heavy (non-hydrogen) atoms. The van der Waals surface area contributed by atoms with E-state index in [1.807, 2.05) is 0 Å². The van der Waals surface area contributed by atoms with Gasteiger partial charge in [0, 0.05) is 0 Å². The van der Waals surface area contributed by atoms with Crippen molar-refractivity contribution in [2.45, 2.75) is 25.2 Å². The fourth-order valence-corrected chi connectivity index (χ4v) is 0.461. The summed E-state index contributed by atoms with van der Waals surface area (Å²) in [6, 6.07) is -0.742. The first kappa shape index (κ1) is 8.49. The van der Waals surface area contributed by atoms with Gasteiger partial charge in [0.1, 0.15) is 6.04 Å². The van der Waals surface area contributed by atoms with Crippen LogP contribution in [0.25, 0.3) is 0 Å². The molecule has 0 saturated carbocycles. The van der Waals surface area contributed by atoms with Crippen molar-refractivity contribution in [1.82, 2.24) is 0 Å². The lowest BCUT2D eigenvalue weighted by Crippen LogP contribution is -2.29. The lowest BCUT2D eigenvalue weighted by atomic mass is 9.98. The lowest BCUT2D eigenvalue weighted by molar-refractivity contribution is -0.138. The molecule has 0 amide bonds. The van der Waals surface area contributed by atoms with Gasteiger partial charge in [-0.1, -0.05) is 12.7 Å². The predicted molar refractivity (Wildman–Crippen MR) is 35.4 cm³/mol. The molecule has 0 spiro atoms. The molecule has 0 aliphatic carbocycles. The van der Waals surface area contributed by atoms with Crippen LogP contribution in [-0.2, 0) is 4.79 Å². The molecule has 2 radical (unpaired) electrons. The van der Waals surface area contributed by atoms with Crippen LogP contribution in [0.3, 0.4) is 0 Å². The molecule has 0 heterocycles. The Morgan fingerprint density at radius 2 is 2.33 bits per heavy atom. The van der Waals surface area contributed by atoms with Crippen LogP contribution in [0, 0.1) is 0 Å². The van der Waals surface area contributed by atoms with Crippen molar-refractivity contribution in [3.8, 4) is 0 Å². The molecule has 3 nitrogen and oxygen atoms in total. The van der Waals surface area contributed by atoms with Gasteiger partial charge in [-0.25, -0.2) is 0 Å². The van der Waals surface area contributed by atoms with E-state index in [9.17, 15) is 4.79 Å². The molecule has 0 fully saturated rings. The molecule has 0 saturated heterocycles. The van der Waals surface area contributed by atoms with Gasteiger partial charge in [0.25, 0.3) is 0 Å². The van der Waals surface area contributed by atoms with E-state index < -0.39 is 12.0 Å². The van der Waals surface area contributed by atoms with Crippen LogP contribution in [-0.4, -0.2) is 25.0 Å². The number of carbonyl (C=O) groups is 1. The van der Waals surface area contributed by atoms with Crippen LogP contribution in [0.5, 0.6) is 0 Å². The molecule has 0 unspecified atom stereocenters. The van der Waals surface area contributed by atoms with Gasteiger partial charge in [0.15, 0.2) is 0 Å². The predicted octanol–water partition coefficient (Wildman–Crippen LogP) is -0.235. The Morgan fingerprint density at radius 1 is 1.78 bits per heavy atom. The standard InChI is InChI=1S/C5H10BNO2/c6-3-1-2-4(7)5(8)9/h4H,1-3,7H2,(H,8,9)/t4-/m0/s1. The fourth-order valence-electron chi connectivity index (χ4n) is 0.461. The van der Waals surface area contributed by atoms with E-state index in [2.05, 4.69) is 0 Å². The summed E-state index contributed by atoms with van der Waals surface area (Å²) in [5.74, 6) is -0.955. The summed E-state index contributed by atoms with van der Waals surface area (Å²) in [6.07, 6.45) is 1.64. The van der Waals surface area contributed by atoms with E-state index >= 15 is 0 Å². The summed E-state index contributed by atoms with van der Waals surface area (Å²) in [7, 11) is 5.13. The first-order chi connectivity index (χ1) is 4.18. The molecule has 0 bridgehead atoms. The molecule has 0 rings (SSSR count). The van der Waals surface area contributed by atoms with E-state index in [4.69, 9.17) is 18.7 Å². The number of carboxylic acids is 1. The first-order valence-corrected chi connectivity index (χ1v) is 2.87. The van der Waals surface area contributed by atoms with Crippen molar-refractivity contribution < 1.29 is 9.90 Å². The van der Waals surface area contributed by atoms with Gasteiger partial charge >= 0.3 is 5.97 Å². The highest BCUT2D eigenvalue weighted by Crippen LogP contribution is 1.96. The Labute approximate surface area is 55.6 Å². The molecular formula is C5H10BNO2. The molecule has 0 aliphatic heterocycles. The highest BCUT2D eigenvalue weighted by molar-refractivity contribution is 6.08. The van der Waals surface area contributed by atoms with Gasteiger partial charge in [-0.15, -0.1) is 0 Å². The molecule has 1 atom stereocenters. The summed E-state index contributed by atoms with van der Waals surface area (Å²) >= 11 is 0. The number of rotatable bonds is 4. The van der Waals surface area contributed by atoms with Crippen LogP contribution in [0.15, 0.2) is 0 Å². The van der Waals surface area contributed by atoms with Crippen molar-refractivity contribution in [3.05, 3.63) is 0 Å². The Hall–Kier alpha value is -0.505. The number of nitrogens with two attached hydrogens (primary N) is 1. The normalized spacial score (nSPS) is 13.0. The molecule has 4 heteroatoms. The van der Waals surface area contributed by atoms with Crippen molar-refractivity contribution >= 4 is 13.8 Å². The molecule has 0 aromatic carbocycles. The molecule has 0 aromatic rings.